The highest BCUT2D eigenvalue weighted by molar-refractivity contribution is 14.1. The summed E-state index contributed by atoms with van der Waals surface area (Å²) in [7, 11) is 0. The second-order valence-electron chi connectivity index (χ2n) is 8.20. The van der Waals surface area contributed by atoms with Gasteiger partial charge in [-0.05, 0) is 70.9 Å². The van der Waals surface area contributed by atoms with Gasteiger partial charge in [0.1, 0.15) is 12.1 Å². The number of halogens is 1. The van der Waals surface area contributed by atoms with Gasteiger partial charge in [-0.2, -0.15) is 0 Å². The molecule has 1 aliphatic heterocycles. The van der Waals surface area contributed by atoms with Crippen molar-refractivity contribution in [1.29, 1.82) is 0 Å². The average molecular weight is 407 g/mol. The van der Waals surface area contributed by atoms with Crippen LogP contribution in [0.3, 0.4) is 0 Å². The van der Waals surface area contributed by atoms with Crippen LogP contribution in [0.1, 0.15) is 40.0 Å². The molecule has 1 aliphatic carbocycles. The number of aromatic nitrogens is 2. The van der Waals surface area contributed by atoms with Crippen molar-refractivity contribution in [3.05, 3.63) is 28.1 Å². The van der Waals surface area contributed by atoms with E-state index in [0.29, 0.717) is 16.9 Å². The summed E-state index contributed by atoms with van der Waals surface area (Å²) in [5.41, 5.74) is 1.91. The number of hydrogen-bond acceptors (Lipinski definition) is 3. The Labute approximate surface area is 145 Å². The van der Waals surface area contributed by atoms with Crippen molar-refractivity contribution >= 4 is 39.3 Å². The Morgan fingerprint density at radius 2 is 2.00 bits per heavy atom. The maximum absolute atomic E-state index is 4.68. The fourth-order valence-electron chi connectivity index (χ4n) is 4.95. The van der Waals surface area contributed by atoms with Gasteiger partial charge in [0.05, 0.1) is 5.52 Å². The van der Waals surface area contributed by atoms with E-state index in [2.05, 4.69) is 76.4 Å². The third-order valence-corrected chi connectivity index (χ3v) is 5.93. The minimum absolute atomic E-state index is 0.422. The van der Waals surface area contributed by atoms with Crippen molar-refractivity contribution in [3.63, 3.8) is 0 Å². The van der Waals surface area contributed by atoms with Crippen molar-refractivity contribution < 1.29 is 0 Å². The van der Waals surface area contributed by atoms with Crippen molar-refractivity contribution in [2.24, 2.45) is 10.8 Å². The second-order valence-corrected chi connectivity index (χ2v) is 9.45. The van der Waals surface area contributed by atoms with Gasteiger partial charge in [0.2, 0.25) is 0 Å². The summed E-state index contributed by atoms with van der Waals surface area (Å²) >= 11 is 2.37. The van der Waals surface area contributed by atoms with Crippen LogP contribution in [0.2, 0.25) is 0 Å². The molecule has 116 valence electrons. The SMILES string of the molecule is CC1(C)CC2CC(C)(CN2c2ncnc3ccc(I)cc23)C1. The molecule has 1 aromatic heterocycles. The van der Waals surface area contributed by atoms with Crippen molar-refractivity contribution in [1.82, 2.24) is 9.97 Å². The smallest absolute Gasteiger partial charge is 0.140 e. The van der Waals surface area contributed by atoms with Gasteiger partial charge in [0.25, 0.3) is 0 Å². The van der Waals surface area contributed by atoms with Gasteiger partial charge in [-0.25, -0.2) is 9.97 Å². The molecule has 0 radical (unpaired) electrons. The molecule has 4 rings (SSSR count). The molecule has 0 N–H and O–H groups in total. The molecule has 3 nitrogen and oxygen atoms in total. The van der Waals surface area contributed by atoms with Crippen LogP contribution in [-0.2, 0) is 0 Å². The fourth-order valence-corrected chi connectivity index (χ4v) is 5.44. The van der Waals surface area contributed by atoms with E-state index in [1.165, 1.54) is 28.2 Å². The molecular weight excluding hydrogens is 385 g/mol. The minimum Gasteiger partial charge on any atom is -0.352 e. The summed E-state index contributed by atoms with van der Waals surface area (Å²) < 4.78 is 1.25. The second kappa shape index (κ2) is 4.79. The first kappa shape index (κ1) is 14.7. The quantitative estimate of drug-likeness (QED) is 0.645. The third kappa shape index (κ3) is 2.39. The lowest BCUT2D eigenvalue weighted by molar-refractivity contribution is 0.136. The molecule has 1 aromatic carbocycles. The summed E-state index contributed by atoms with van der Waals surface area (Å²) in [5, 5.41) is 1.20. The summed E-state index contributed by atoms with van der Waals surface area (Å²) in [6.45, 7) is 8.41. The lowest BCUT2D eigenvalue weighted by atomic mass is 9.65. The van der Waals surface area contributed by atoms with Gasteiger partial charge in [-0.3, -0.25) is 0 Å². The first-order valence-corrected chi connectivity index (χ1v) is 9.10. The van der Waals surface area contributed by atoms with E-state index in [4.69, 9.17) is 0 Å². The van der Waals surface area contributed by atoms with Gasteiger partial charge < -0.3 is 4.90 Å². The lowest BCUT2D eigenvalue weighted by Crippen LogP contribution is -2.35. The first-order valence-electron chi connectivity index (χ1n) is 8.02. The molecule has 4 heteroatoms. The third-order valence-electron chi connectivity index (χ3n) is 5.26. The molecule has 2 bridgehead atoms. The Bertz CT molecular complexity index is 742. The summed E-state index contributed by atoms with van der Waals surface area (Å²) in [5.74, 6) is 1.13. The monoisotopic (exact) mass is 407 g/mol. The van der Waals surface area contributed by atoms with E-state index in [1.54, 1.807) is 6.33 Å². The lowest BCUT2D eigenvalue weighted by Gasteiger charge is -2.39. The zero-order valence-corrected chi connectivity index (χ0v) is 15.6. The van der Waals surface area contributed by atoms with Crippen molar-refractivity contribution in [2.75, 3.05) is 11.4 Å². The van der Waals surface area contributed by atoms with E-state index >= 15 is 0 Å². The Morgan fingerprint density at radius 1 is 1.18 bits per heavy atom. The molecular formula is C18H22IN3. The van der Waals surface area contributed by atoms with E-state index in [-0.39, 0.29) is 0 Å². The molecule has 2 heterocycles. The van der Waals surface area contributed by atoms with Crippen LogP contribution in [0.4, 0.5) is 5.82 Å². The summed E-state index contributed by atoms with van der Waals surface area (Å²) in [4.78, 5) is 11.7. The Morgan fingerprint density at radius 3 is 2.82 bits per heavy atom. The van der Waals surface area contributed by atoms with Crippen LogP contribution >= 0.6 is 22.6 Å². The summed E-state index contributed by atoms with van der Waals surface area (Å²) in [6, 6.07) is 7.06. The fraction of sp³-hybridized carbons (Fsp3) is 0.556. The van der Waals surface area contributed by atoms with Gasteiger partial charge in [0, 0.05) is 21.5 Å². The van der Waals surface area contributed by atoms with Gasteiger partial charge >= 0.3 is 0 Å². The molecule has 2 unspecified atom stereocenters. The molecule has 0 spiro atoms. The maximum Gasteiger partial charge on any atom is 0.140 e. The van der Waals surface area contributed by atoms with Gasteiger partial charge in [0.15, 0.2) is 0 Å². The molecule has 2 atom stereocenters. The number of nitrogens with zero attached hydrogens (tertiary/aromatic N) is 3. The molecule has 1 saturated heterocycles. The Kier molecular flexibility index (Phi) is 3.19. The normalized spacial score (nSPS) is 30.0. The largest absolute Gasteiger partial charge is 0.352 e. The molecule has 22 heavy (non-hydrogen) atoms. The predicted molar refractivity (Wildman–Crippen MR) is 99.1 cm³/mol. The number of anilines is 1. The zero-order chi connectivity index (χ0) is 15.5. The van der Waals surface area contributed by atoms with Crippen LogP contribution in [0, 0.1) is 14.4 Å². The highest BCUT2D eigenvalue weighted by atomic mass is 127. The van der Waals surface area contributed by atoms with Crippen LogP contribution in [0.15, 0.2) is 24.5 Å². The summed E-state index contributed by atoms with van der Waals surface area (Å²) in [6.07, 6.45) is 5.59. The van der Waals surface area contributed by atoms with E-state index in [1.807, 2.05) is 0 Å². The van der Waals surface area contributed by atoms with Crippen molar-refractivity contribution in [3.8, 4) is 0 Å². The van der Waals surface area contributed by atoms with E-state index < -0.39 is 0 Å². The topological polar surface area (TPSA) is 29.0 Å². The number of benzene rings is 1. The molecule has 0 amide bonds. The standard InChI is InChI=1S/C18H22IN3/c1-17(2)7-13-8-18(3,9-17)10-22(13)16-14-6-12(19)4-5-15(14)20-11-21-16/h4-6,11,13H,7-10H2,1-3H3. The highest BCUT2D eigenvalue weighted by Gasteiger charge is 2.50. The zero-order valence-electron chi connectivity index (χ0n) is 13.4. The predicted octanol–water partition coefficient (Wildman–Crippen LogP) is 4.64. The first-order chi connectivity index (χ1) is 10.4. The van der Waals surface area contributed by atoms with E-state index in [9.17, 15) is 0 Å². The van der Waals surface area contributed by atoms with Crippen LogP contribution in [-0.4, -0.2) is 22.6 Å². The Balaban J connectivity index is 1.82. The Hall–Kier alpha value is -0.910. The van der Waals surface area contributed by atoms with Crippen LogP contribution in [0.5, 0.6) is 0 Å². The maximum atomic E-state index is 4.68. The molecule has 2 aromatic rings. The molecule has 2 fully saturated rings. The van der Waals surface area contributed by atoms with Crippen molar-refractivity contribution in [2.45, 2.75) is 46.1 Å². The number of hydrogen-bond donors (Lipinski definition) is 0. The number of rotatable bonds is 1. The van der Waals surface area contributed by atoms with Gasteiger partial charge in [-0.15, -0.1) is 0 Å². The van der Waals surface area contributed by atoms with Crippen LogP contribution in [0.25, 0.3) is 10.9 Å². The van der Waals surface area contributed by atoms with Crippen LogP contribution < -0.4 is 4.90 Å². The molecule has 2 aliphatic rings. The van der Waals surface area contributed by atoms with Gasteiger partial charge in [-0.1, -0.05) is 20.8 Å². The number of fused-ring (bicyclic) bond motifs is 3. The minimum atomic E-state index is 0.422. The molecule has 1 saturated carbocycles. The average Bonchev–Trinajstić information content (AvgIpc) is 2.67. The highest BCUT2D eigenvalue weighted by Crippen LogP contribution is 2.53. The van der Waals surface area contributed by atoms with E-state index in [0.717, 1.165) is 17.9 Å².